The van der Waals surface area contributed by atoms with E-state index in [1.807, 2.05) is 0 Å². The van der Waals surface area contributed by atoms with E-state index in [0.29, 0.717) is 17.6 Å². The number of benzene rings is 1. The van der Waals surface area contributed by atoms with Gasteiger partial charge in [0, 0.05) is 5.92 Å². The van der Waals surface area contributed by atoms with Crippen LogP contribution < -0.4 is 16.9 Å². The molecular formula is C10H15BN2O. The largest absolute Gasteiger partial charge is 0.371 e. The lowest BCUT2D eigenvalue weighted by Crippen LogP contribution is -2.45. The molecule has 14 heavy (non-hydrogen) atoms. The Kier molecular flexibility index (Phi) is 3.31. The van der Waals surface area contributed by atoms with E-state index in [9.17, 15) is 5.11 Å². The van der Waals surface area contributed by atoms with Gasteiger partial charge in [-0.25, -0.2) is 0 Å². The standard InChI is InChI=1S/C10H15BN2O/c1-7(6-12)10(13,14)8-2-4-9(11)5-3-8/h2-5,7,14H,6,12-13H2,1H3. The van der Waals surface area contributed by atoms with E-state index < -0.39 is 5.72 Å². The van der Waals surface area contributed by atoms with Gasteiger partial charge < -0.3 is 10.8 Å². The predicted octanol–water partition coefficient (Wildman–Crippen LogP) is -0.821. The third-order valence-corrected chi connectivity index (χ3v) is 2.48. The van der Waals surface area contributed by atoms with Crippen LogP contribution in [0.2, 0.25) is 0 Å². The summed E-state index contributed by atoms with van der Waals surface area (Å²) in [5.74, 6) is -0.203. The first kappa shape index (κ1) is 11.2. The van der Waals surface area contributed by atoms with Crippen molar-refractivity contribution in [3.63, 3.8) is 0 Å². The molecule has 0 aromatic heterocycles. The van der Waals surface area contributed by atoms with Crippen LogP contribution in [0.1, 0.15) is 12.5 Å². The first-order chi connectivity index (χ1) is 6.48. The van der Waals surface area contributed by atoms with Crippen molar-refractivity contribution >= 4 is 13.3 Å². The highest BCUT2D eigenvalue weighted by molar-refractivity contribution is 6.32. The lowest BCUT2D eigenvalue weighted by atomic mass is 9.88. The molecule has 0 aliphatic carbocycles. The van der Waals surface area contributed by atoms with Gasteiger partial charge in [-0.2, -0.15) is 0 Å². The normalized spacial score (nSPS) is 17.4. The van der Waals surface area contributed by atoms with E-state index in [0.717, 1.165) is 0 Å². The highest BCUT2D eigenvalue weighted by Crippen LogP contribution is 2.22. The van der Waals surface area contributed by atoms with Crippen LogP contribution in [0.25, 0.3) is 0 Å². The average Bonchev–Trinajstić information content (AvgIpc) is 2.17. The summed E-state index contributed by atoms with van der Waals surface area (Å²) in [6, 6.07) is 6.83. The van der Waals surface area contributed by atoms with Gasteiger partial charge in [0.05, 0.1) is 0 Å². The molecule has 74 valence electrons. The number of hydrogen-bond donors (Lipinski definition) is 3. The zero-order valence-corrected chi connectivity index (χ0v) is 8.27. The van der Waals surface area contributed by atoms with Crippen LogP contribution in [0.3, 0.4) is 0 Å². The molecule has 0 fully saturated rings. The summed E-state index contributed by atoms with van der Waals surface area (Å²) in [5, 5.41) is 10.0. The van der Waals surface area contributed by atoms with Gasteiger partial charge in [0.25, 0.3) is 0 Å². The Morgan fingerprint density at radius 1 is 1.43 bits per heavy atom. The van der Waals surface area contributed by atoms with Crippen molar-refractivity contribution in [3.05, 3.63) is 29.8 Å². The molecule has 0 aliphatic rings. The molecule has 0 amide bonds. The fourth-order valence-electron chi connectivity index (χ4n) is 1.21. The summed E-state index contributed by atoms with van der Waals surface area (Å²) >= 11 is 0. The van der Waals surface area contributed by atoms with Crippen LogP contribution in [-0.4, -0.2) is 19.5 Å². The minimum Gasteiger partial charge on any atom is -0.371 e. The Hall–Kier alpha value is -0.835. The Balaban J connectivity index is 2.97. The van der Waals surface area contributed by atoms with Gasteiger partial charge in [-0.05, 0) is 12.1 Å². The summed E-state index contributed by atoms with van der Waals surface area (Å²) in [5.41, 5.74) is 11.1. The molecule has 0 saturated carbocycles. The van der Waals surface area contributed by atoms with Crippen LogP contribution >= 0.6 is 0 Å². The minimum atomic E-state index is -1.39. The second kappa shape index (κ2) is 4.13. The Morgan fingerprint density at radius 3 is 2.36 bits per heavy atom. The van der Waals surface area contributed by atoms with Gasteiger partial charge in [-0.3, -0.25) is 5.73 Å². The molecule has 5 N–H and O–H groups in total. The van der Waals surface area contributed by atoms with Crippen molar-refractivity contribution in [2.45, 2.75) is 12.6 Å². The van der Waals surface area contributed by atoms with E-state index in [-0.39, 0.29) is 5.92 Å². The van der Waals surface area contributed by atoms with Crippen LogP contribution in [0.5, 0.6) is 0 Å². The van der Waals surface area contributed by atoms with E-state index in [4.69, 9.17) is 19.3 Å². The highest BCUT2D eigenvalue weighted by atomic mass is 16.3. The summed E-state index contributed by atoms with van der Waals surface area (Å²) in [6.45, 7) is 2.13. The van der Waals surface area contributed by atoms with Crippen LogP contribution in [0.15, 0.2) is 24.3 Å². The smallest absolute Gasteiger partial charge is 0.143 e. The zero-order valence-electron chi connectivity index (χ0n) is 8.27. The van der Waals surface area contributed by atoms with Gasteiger partial charge in [0.15, 0.2) is 0 Å². The molecular weight excluding hydrogens is 175 g/mol. The fraction of sp³-hybridized carbons (Fsp3) is 0.400. The van der Waals surface area contributed by atoms with Gasteiger partial charge in [-0.15, -0.1) is 0 Å². The molecule has 2 radical (unpaired) electrons. The minimum absolute atomic E-state index is 0.203. The topological polar surface area (TPSA) is 72.3 Å². The maximum absolute atomic E-state index is 10.0. The Morgan fingerprint density at radius 2 is 1.93 bits per heavy atom. The second-order valence-corrected chi connectivity index (χ2v) is 3.58. The van der Waals surface area contributed by atoms with Crippen molar-refractivity contribution in [2.75, 3.05) is 6.54 Å². The number of hydrogen-bond acceptors (Lipinski definition) is 3. The molecule has 2 unspecified atom stereocenters. The maximum Gasteiger partial charge on any atom is 0.143 e. The van der Waals surface area contributed by atoms with Crippen LogP contribution in [0.4, 0.5) is 0 Å². The number of nitrogens with two attached hydrogens (primary N) is 2. The van der Waals surface area contributed by atoms with Gasteiger partial charge in [-0.1, -0.05) is 36.7 Å². The first-order valence-corrected chi connectivity index (χ1v) is 4.55. The third kappa shape index (κ3) is 2.15. The van der Waals surface area contributed by atoms with Crippen LogP contribution in [0, 0.1) is 5.92 Å². The SMILES string of the molecule is [B]c1ccc(C(N)(O)C(C)CN)cc1. The van der Waals surface area contributed by atoms with Crippen molar-refractivity contribution in [1.82, 2.24) is 0 Å². The Bertz CT molecular complexity index is 297. The highest BCUT2D eigenvalue weighted by Gasteiger charge is 2.29. The molecule has 0 bridgehead atoms. The fourth-order valence-corrected chi connectivity index (χ4v) is 1.21. The predicted molar refractivity (Wildman–Crippen MR) is 58.1 cm³/mol. The van der Waals surface area contributed by atoms with E-state index in [2.05, 4.69) is 0 Å². The molecule has 0 saturated heterocycles. The number of aliphatic hydroxyl groups is 1. The summed E-state index contributed by atoms with van der Waals surface area (Å²) < 4.78 is 0. The van der Waals surface area contributed by atoms with Crippen molar-refractivity contribution in [2.24, 2.45) is 17.4 Å². The second-order valence-electron chi connectivity index (χ2n) is 3.58. The molecule has 3 nitrogen and oxygen atoms in total. The lowest BCUT2D eigenvalue weighted by molar-refractivity contribution is -0.00763. The molecule has 1 aromatic carbocycles. The summed E-state index contributed by atoms with van der Waals surface area (Å²) in [6.07, 6.45) is 0. The van der Waals surface area contributed by atoms with Crippen molar-refractivity contribution in [1.29, 1.82) is 0 Å². The van der Waals surface area contributed by atoms with Crippen molar-refractivity contribution in [3.8, 4) is 0 Å². The quantitative estimate of drug-likeness (QED) is 0.430. The summed E-state index contributed by atoms with van der Waals surface area (Å²) in [7, 11) is 5.53. The molecule has 0 aliphatic heterocycles. The van der Waals surface area contributed by atoms with Crippen molar-refractivity contribution < 1.29 is 5.11 Å². The summed E-state index contributed by atoms with van der Waals surface area (Å²) in [4.78, 5) is 0. The number of rotatable bonds is 3. The molecule has 1 rings (SSSR count). The maximum atomic E-state index is 10.0. The van der Waals surface area contributed by atoms with Gasteiger partial charge >= 0.3 is 0 Å². The molecule has 2 atom stereocenters. The van der Waals surface area contributed by atoms with Gasteiger partial charge in [0.1, 0.15) is 13.6 Å². The Labute approximate surface area is 85.5 Å². The first-order valence-electron chi connectivity index (χ1n) is 4.55. The molecule has 4 heteroatoms. The van der Waals surface area contributed by atoms with E-state index >= 15 is 0 Å². The third-order valence-electron chi connectivity index (χ3n) is 2.48. The lowest BCUT2D eigenvalue weighted by Gasteiger charge is -2.29. The van der Waals surface area contributed by atoms with E-state index in [1.165, 1.54) is 0 Å². The zero-order chi connectivity index (χ0) is 10.8. The molecule has 1 aromatic rings. The molecule has 0 spiro atoms. The van der Waals surface area contributed by atoms with Crippen LogP contribution in [-0.2, 0) is 5.72 Å². The molecule has 0 heterocycles. The average molecular weight is 190 g/mol. The van der Waals surface area contributed by atoms with E-state index in [1.54, 1.807) is 31.2 Å². The monoisotopic (exact) mass is 190 g/mol. The van der Waals surface area contributed by atoms with Gasteiger partial charge in [0.2, 0.25) is 0 Å².